The summed E-state index contributed by atoms with van der Waals surface area (Å²) < 4.78 is 22.0. The summed E-state index contributed by atoms with van der Waals surface area (Å²) in [4.78, 5) is 0. The fraction of sp³-hybridized carbons (Fsp3) is 0.455. The number of benzene rings is 1. The molecule has 1 fully saturated rings. The van der Waals surface area contributed by atoms with Crippen LogP contribution in [0.3, 0.4) is 0 Å². The molecule has 15 heavy (non-hydrogen) atoms. The molecule has 4 heteroatoms. The van der Waals surface area contributed by atoms with Crippen molar-refractivity contribution in [2.45, 2.75) is 19.9 Å². The summed E-state index contributed by atoms with van der Waals surface area (Å²) in [5.41, 5.74) is 3.41. The van der Waals surface area contributed by atoms with Crippen LogP contribution in [0.1, 0.15) is 11.1 Å². The third-order valence-corrected chi connectivity index (χ3v) is 4.32. The molecule has 0 amide bonds. The highest BCUT2D eigenvalue weighted by Gasteiger charge is 2.33. The quantitative estimate of drug-likeness (QED) is 0.830. The summed E-state index contributed by atoms with van der Waals surface area (Å²) in [5, 5.41) is 3.24. The van der Waals surface area contributed by atoms with Crippen LogP contribution in [0.15, 0.2) is 18.2 Å². The maximum Gasteiger partial charge on any atom is 0.154 e. The molecular formula is C11H15NO2S. The van der Waals surface area contributed by atoms with Gasteiger partial charge in [-0.15, -0.1) is 0 Å². The van der Waals surface area contributed by atoms with Gasteiger partial charge >= 0.3 is 0 Å². The first-order chi connectivity index (χ1) is 6.94. The van der Waals surface area contributed by atoms with Crippen LogP contribution in [0.4, 0.5) is 5.69 Å². The van der Waals surface area contributed by atoms with Gasteiger partial charge in [0.1, 0.15) is 0 Å². The highest BCUT2D eigenvalue weighted by atomic mass is 32.2. The fourth-order valence-corrected chi connectivity index (χ4v) is 3.24. The Morgan fingerprint density at radius 1 is 1.13 bits per heavy atom. The minimum absolute atomic E-state index is 0.0937. The third kappa shape index (κ3) is 2.50. The molecule has 0 bridgehead atoms. The molecule has 0 atom stereocenters. The fourth-order valence-electron chi connectivity index (χ4n) is 1.94. The molecule has 82 valence electrons. The highest BCUT2D eigenvalue weighted by Crippen LogP contribution is 2.19. The van der Waals surface area contributed by atoms with E-state index in [0.717, 1.165) is 5.69 Å². The van der Waals surface area contributed by atoms with Crippen LogP contribution in [-0.2, 0) is 9.84 Å². The zero-order valence-corrected chi connectivity index (χ0v) is 9.76. The Hall–Kier alpha value is -1.03. The van der Waals surface area contributed by atoms with Crippen LogP contribution >= 0.6 is 0 Å². The molecule has 1 N–H and O–H groups in total. The molecule has 2 rings (SSSR count). The van der Waals surface area contributed by atoms with Gasteiger partial charge in [0.25, 0.3) is 0 Å². The lowest BCUT2D eigenvalue weighted by Gasteiger charge is -2.27. The maximum atomic E-state index is 11.0. The van der Waals surface area contributed by atoms with E-state index in [-0.39, 0.29) is 17.5 Å². The smallest absolute Gasteiger partial charge is 0.154 e. The van der Waals surface area contributed by atoms with E-state index in [1.807, 2.05) is 26.0 Å². The lowest BCUT2D eigenvalue weighted by atomic mass is 10.1. The van der Waals surface area contributed by atoms with Gasteiger partial charge in [-0.2, -0.15) is 0 Å². The molecule has 1 aromatic carbocycles. The Bertz CT molecular complexity index is 447. The van der Waals surface area contributed by atoms with Crippen LogP contribution in [0, 0.1) is 13.8 Å². The van der Waals surface area contributed by atoms with E-state index < -0.39 is 9.84 Å². The predicted molar refractivity (Wildman–Crippen MR) is 62.0 cm³/mol. The molecule has 1 aliphatic heterocycles. The first kappa shape index (κ1) is 10.5. The SMILES string of the molecule is Cc1cc(C)cc(NC2CS(=O)(=O)C2)c1. The second-order valence-corrected chi connectivity index (χ2v) is 6.45. The zero-order chi connectivity index (χ0) is 11.1. The van der Waals surface area contributed by atoms with Crippen molar-refractivity contribution < 1.29 is 8.42 Å². The van der Waals surface area contributed by atoms with Gasteiger partial charge in [-0.05, 0) is 37.1 Å². The lowest BCUT2D eigenvalue weighted by molar-refractivity contribution is 0.570. The Morgan fingerprint density at radius 2 is 1.67 bits per heavy atom. The number of rotatable bonds is 2. The Kier molecular flexibility index (Phi) is 2.46. The van der Waals surface area contributed by atoms with Gasteiger partial charge in [0.2, 0.25) is 0 Å². The van der Waals surface area contributed by atoms with Crippen LogP contribution in [0.2, 0.25) is 0 Å². The van der Waals surface area contributed by atoms with E-state index in [1.165, 1.54) is 11.1 Å². The summed E-state index contributed by atoms with van der Waals surface area (Å²) in [7, 11) is -2.73. The number of hydrogen-bond acceptors (Lipinski definition) is 3. The van der Waals surface area contributed by atoms with Crippen molar-refractivity contribution in [3.8, 4) is 0 Å². The van der Waals surface area contributed by atoms with E-state index in [2.05, 4.69) is 11.4 Å². The Morgan fingerprint density at radius 3 is 2.13 bits per heavy atom. The summed E-state index contributed by atoms with van der Waals surface area (Å²) >= 11 is 0. The zero-order valence-electron chi connectivity index (χ0n) is 8.95. The Balaban J connectivity index is 2.06. The van der Waals surface area contributed by atoms with Gasteiger partial charge < -0.3 is 5.32 Å². The van der Waals surface area contributed by atoms with Crippen molar-refractivity contribution in [2.24, 2.45) is 0 Å². The number of sulfone groups is 1. The average Bonchev–Trinajstić information content (AvgIpc) is 1.97. The summed E-state index contributed by atoms with van der Waals surface area (Å²) in [6, 6.07) is 6.27. The molecule has 1 heterocycles. The van der Waals surface area contributed by atoms with E-state index in [4.69, 9.17) is 0 Å². The van der Waals surface area contributed by atoms with Gasteiger partial charge in [0.05, 0.1) is 17.5 Å². The van der Waals surface area contributed by atoms with Crippen LogP contribution < -0.4 is 5.32 Å². The largest absolute Gasteiger partial charge is 0.380 e. The van der Waals surface area contributed by atoms with Crippen molar-refractivity contribution in [3.63, 3.8) is 0 Å². The molecule has 0 saturated carbocycles. The molecule has 1 saturated heterocycles. The van der Waals surface area contributed by atoms with E-state index in [1.54, 1.807) is 0 Å². The molecule has 0 spiro atoms. The standard InChI is InChI=1S/C11H15NO2S/c1-8-3-9(2)5-10(4-8)12-11-6-15(13,14)7-11/h3-5,11-12H,6-7H2,1-2H3. The number of nitrogens with one attached hydrogen (secondary N) is 1. The molecular weight excluding hydrogens is 210 g/mol. The van der Waals surface area contributed by atoms with Crippen molar-refractivity contribution in [1.29, 1.82) is 0 Å². The third-order valence-electron chi connectivity index (χ3n) is 2.50. The second kappa shape index (κ2) is 3.52. The van der Waals surface area contributed by atoms with Gasteiger partial charge in [0.15, 0.2) is 9.84 Å². The van der Waals surface area contributed by atoms with Crippen molar-refractivity contribution in [3.05, 3.63) is 29.3 Å². The van der Waals surface area contributed by atoms with Gasteiger partial charge in [-0.3, -0.25) is 0 Å². The van der Waals surface area contributed by atoms with Gasteiger partial charge in [-0.1, -0.05) is 6.07 Å². The summed E-state index contributed by atoms with van der Waals surface area (Å²) in [6.07, 6.45) is 0. The highest BCUT2D eigenvalue weighted by molar-refractivity contribution is 7.92. The van der Waals surface area contributed by atoms with Crippen molar-refractivity contribution in [1.82, 2.24) is 0 Å². The van der Waals surface area contributed by atoms with Gasteiger partial charge in [0, 0.05) is 5.69 Å². The average molecular weight is 225 g/mol. The number of hydrogen-bond donors (Lipinski definition) is 1. The summed E-state index contributed by atoms with van der Waals surface area (Å²) in [6.45, 7) is 4.07. The molecule has 1 aliphatic rings. The van der Waals surface area contributed by atoms with Crippen LogP contribution in [-0.4, -0.2) is 26.0 Å². The van der Waals surface area contributed by atoms with E-state index in [0.29, 0.717) is 0 Å². The maximum absolute atomic E-state index is 11.0. The van der Waals surface area contributed by atoms with E-state index >= 15 is 0 Å². The lowest BCUT2D eigenvalue weighted by Crippen LogP contribution is -2.46. The van der Waals surface area contributed by atoms with Crippen LogP contribution in [0.5, 0.6) is 0 Å². The summed E-state index contributed by atoms with van der Waals surface area (Å²) in [5.74, 6) is 0.528. The second-order valence-electron chi connectivity index (χ2n) is 4.29. The minimum Gasteiger partial charge on any atom is -0.380 e. The van der Waals surface area contributed by atoms with E-state index in [9.17, 15) is 8.42 Å². The molecule has 3 nitrogen and oxygen atoms in total. The molecule has 0 aromatic heterocycles. The number of aryl methyl sites for hydroxylation is 2. The minimum atomic E-state index is -2.73. The first-order valence-electron chi connectivity index (χ1n) is 5.00. The van der Waals surface area contributed by atoms with Crippen LogP contribution in [0.25, 0.3) is 0 Å². The van der Waals surface area contributed by atoms with Crippen molar-refractivity contribution in [2.75, 3.05) is 16.8 Å². The number of anilines is 1. The topological polar surface area (TPSA) is 46.2 Å². The molecule has 1 aromatic rings. The Labute approximate surface area is 90.4 Å². The molecule has 0 radical (unpaired) electrons. The predicted octanol–water partition coefficient (Wildman–Crippen LogP) is 1.51. The molecule has 0 unspecified atom stereocenters. The van der Waals surface area contributed by atoms with Gasteiger partial charge in [-0.25, -0.2) is 8.42 Å². The normalized spacial score (nSPS) is 19.6. The monoisotopic (exact) mass is 225 g/mol. The molecule has 0 aliphatic carbocycles. The van der Waals surface area contributed by atoms with Crippen molar-refractivity contribution >= 4 is 15.5 Å². The first-order valence-corrected chi connectivity index (χ1v) is 6.82.